The number of hydrogen-bond acceptors (Lipinski definition) is 20. The first-order chi connectivity index (χ1) is 57.9. The van der Waals surface area contributed by atoms with Gasteiger partial charge >= 0.3 is 0 Å². The van der Waals surface area contributed by atoms with Crippen LogP contribution in [0.1, 0.15) is 171 Å². The Morgan fingerprint density at radius 3 is 1.49 bits per heavy atom. The molecule has 4 aromatic rings. The van der Waals surface area contributed by atoms with Gasteiger partial charge in [0.1, 0.15) is 42.5 Å². The molecule has 30 heteroatoms. The molecule has 0 spiro atoms. The molecule has 3 saturated heterocycles. The Morgan fingerprint density at radius 1 is 0.543 bits per heavy atom. The zero-order valence-electron chi connectivity index (χ0n) is 73.8. The van der Waals surface area contributed by atoms with Crippen LogP contribution in [0.5, 0.6) is 0 Å². The number of aliphatic hydroxyl groups is 3. The standard InChI is InChI=1S/C24H31N3OS.C24H34N2S2.C23H30N4OS.C13H21NOS.C12H11F2NO.CH4.8H2O/c1-18-11-13-20(14-12-18)29-26-16-5-4-7-19(17-28)27-23-10-3-2-8-21(23)22-9-6-15-25-24(22)27;1-3-21(9-7-8-17-25-28-24-14-12-20(2)13-15-24)26(23-16-18-27-19-23)22-10-5-4-6-11-22;1-17-9-11-19(12-10-17)29-26-13-5-4-6-18(15-28)27-22-8-3-2-7-20(22)21-14-24-16-25-23(21)27;1-12-6-8-13(9-7-12)16-14-10-4-2-3-5-11-15;13-7-1-3-9-11(5-7)16-12-6-8(14)2-4-10(12)15-9;;;;;;;;;/h6,8-15,19,22,24,26,28H,2-5,7,16-17H2,1H3;5,10-16,18,21,23,25H,3-4,6-9,17,19H2,1-2H3;7-12,14,16,18,21,23,26,28H,2-6,13,15H2,1H3;6-9,14-15H,2-5,10-11H2,1H3;1,3-6,8-9,11,15H,2H2;1H4;8*1H2. The SMILES string of the molecule is C.CCC(CCCCNSc1ccc(C)cc1)N(C1=CCCC=C1)C1C=CSC1.Cc1ccc(SNCCCCC(CO)N2C3=CCCC=C3C3C=CC=NC32)cc1.Cc1ccc(SNCCCCC(CO)N2C3=CCCC=C3C3C=NC=NC32)cc1.Cc1ccc(SNCCCCCCO)cc1.FC1=CC2OC3=CC(F)CC=C3NC2C=C1.O.O.O.O.O.O.O.O. The number of allylic oxidation sites excluding steroid dienone is 14. The lowest BCUT2D eigenvalue weighted by Crippen LogP contribution is -2.45. The molecule has 23 nitrogen and oxygen atoms in total. The van der Waals surface area contributed by atoms with Crippen molar-refractivity contribution in [2.75, 3.05) is 51.8 Å². The molecule has 0 aromatic heterocycles. The van der Waals surface area contributed by atoms with Crippen molar-refractivity contribution in [1.82, 2.24) is 38.9 Å². The van der Waals surface area contributed by atoms with E-state index in [-0.39, 0.29) is 107 Å². The summed E-state index contributed by atoms with van der Waals surface area (Å²) in [6.07, 6.45) is 58.1. The number of dihydropyridines is 1. The van der Waals surface area contributed by atoms with Crippen LogP contribution in [0, 0.1) is 39.5 Å². The van der Waals surface area contributed by atoms with Crippen molar-refractivity contribution in [3.05, 3.63) is 261 Å². The van der Waals surface area contributed by atoms with Crippen LogP contribution in [0.4, 0.5) is 8.78 Å². The van der Waals surface area contributed by atoms with Gasteiger partial charge in [0, 0.05) is 106 Å². The van der Waals surface area contributed by atoms with Crippen molar-refractivity contribution in [2.24, 2.45) is 26.8 Å². The van der Waals surface area contributed by atoms with Crippen LogP contribution in [0.3, 0.4) is 0 Å². The predicted octanol–water partition coefficient (Wildman–Crippen LogP) is 14.9. The minimum absolute atomic E-state index is 0. The first kappa shape index (κ1) is 116. The molecular weight excluding hydrogens is 1710 g/mol. The summed E-state index contributed by atoms with van der Waals surface area (Å²) in [7, 11) is 0. The molecular formula is C97H147F2N11O12S5. The lowest BCUT2D eigenvalue weighted by molar-refractivity contribution is 0.107. The lowest BCUT2D eigenvalue weighted by atomic mass is 9.93. The maximum absolute atomic E-state index is 13.1. The summed E-state index contributed by atoms with van der Waals surface area (Å²) in [5.74, 6) is 1.93. The summed E-state index contributed by atoms with van der Waals surface area (Å²) >= 11 is 8.78. The van der Waals surface area contributed by atoms with Gasteiger partial charge in [-0.15, -0.1) is 11.8 Å². The molecule has 6 heterocycles. The monoisotopic (exact) mass is 1860 g/mol. The van der Waals surface area contributed by atoms with Crippen LogP contribution in [0.2, 0.25) is 0 Å². The van der Waals surface area contributed by atoms with Crippen LogP contribution in [-0.2, 0) is 4.74 Å². The van der Waals surface area contributed by atoms with E-state index in [1.807, 2.05) is 24.2 Å². The summed E-state index contributed by atoms with van der Waals surface area (Å²) in [5, 5.41) is 34.4. The van der Waals surface area contributed by atoms with E-state index in [0.29, 0.717) is 36.8 Å². The van der Waals surface area contributed by atoms with E-state index in [1.54, 1.807) is 66.3 Å². The smallest absolute Gasteiger partial charge is 0.144 e. The summed E-state index contributed by atoms with van der Waals surface area (Å²) in [4.78, 5) is 26.2. The van der Waals surface area contributed by atoms with Gasteiger partial charge < -0.3 is 83.9 Å². The third-order valence-electron chi connectivity index (χ3n) is 22.5. The van der Waals surface area contributed by atoms with Gasteiger partial charge in [0.2, 0.25) is 0 Å². The van der Waals surface area contributed by atoms with Gasteiger partial charge in [0.15, 0.2) is 0 Å². The number of aliphatic imine (C=N–C) groups is 3. The zero-order chi connectivity index (χ0) is 82.5. The number of hydrogen-bond donors (Lipinski definition) is 8. The van der Waals surface area contributed by atoms with Crippen molar-refractivity contribution >= 4 is 78.3 Å². The molecule has 0 radical (unpaired) electrons. The normalized spacial score (nSPS) is 20.9. The highest BCUT2D eigenvalue weighted by Gasteiger charge is 2.45. The molecule has 24 N–H and O–H groups in total. The number of likely N-dealkylation sites (tertiary alicyclic amines) is 2. The van der Waals surface area contributed by atoms with Gasteiger partial charge in [-0.2, -0.15) is 0 Å². The van der Waals surface area contributed by atoms with Crippen LogP contribution < -0.4 is 24.2 Å². The van der Waals surface area contributed by atoms with Crippen molar-refractivity contribution in [2.45, 2.75) is 251 Å². The summed E-state index contributed by atoms with van der Waals surface area (Å²) in [6.45, 7) is 15.5. The summed E-state index contributed by atoms with van der Waals surface area (Å²) in [5.41, 5.74) is 12.8. The molecule has 6 aliphatic heterocycles. The van der Waals surface area contributed by atoms with Gasteiger partial charge in [-0.05, 0) is 267 Å². The van der Waals surface area contributed by atoms with Crippen LogP contribution in [-0.4, -0.2) is 199 Å². The molecule has 15 rings (SSSR count). The van der Waals surface area contributed by atoms with E-state index >= 15 is 0 Å². The van der Waals surface area contributed by atoms with Gasteiger partial charge in [-0.1, -0.05) is 178 Å². The molecule has 127 heavy (non-hydrogen) atoms. The van der Waals surface area contributed by atoms with Crippen LogP contribution in [0.25, 0.3) is 0 Å². The second-order valence-corrected chi connectivity index (χ2v) is 36.3. The summed E-state index contributed by atoms with van der Waals surface area (Å²) < 4.78 is 45.5. The number of morpholine rings is 1. The molecule has 11 unspecified atom stereocenters. The van der Waals surface area contributed by atoms with Gasteiger partial charge in [0.25, 0.3) is 0 Å². The van der Waals surface area contributed by atoms with Gasteiger partial charge in [-0.25, -0.2) is 18.8 Å². The number of nitrogens with one attached hydrogen (secondary N) is 5. The molecule has 0 bridgehead atoms. The fraction of sp³-hybridized carbons (Fsp3) is 0.474. The average Bonchev–Trinajstić information content (AvgIpc) is 1.32. The number of halogens is 2. The number of rotatable bonds is 37. The Hall–Kier alpha value is -7.22. The highest BCUT2D eigenvalue weighted by atomic mass is 32.2. The number of nitrogens with zero attached hydrogens (tertiary/aromatic N) is 6. The van der Waals surface area contributed by atoms with E-state index in [0.717, 1.165) is 109 Å². The highest BCUT2D eigenvalue weighted by Crippen LogP contribution is 2.46. The molecule has 3 fully saturated rings. The molecule has 0 saturated carbocycles. The molecule has 0 amide bonds. The van der Waals surface area contributed by atoms with Crippen molar-refractivity contribution in [3.8, 4) is 0 Å². The minimum atomic E-state index is -1.01. The average molecular weight is 1860 g/mol. The topological polar surface area (TPSA) is 429 Å². The van der Waals surface area contributed by atoms with E-state index in [9.17, 15) is 19.0 Å². The number of unbranched alkanes of at least 4 members (excludes halogenated alkanes) is 6. The minimum Gasteiger partial charge on any atom is -0.482 e. The number of ether oxygens (including phenoxy) is 1. The van der Waals surface area contributed by atoms with Crippen molar-refractivity contribution in [3.63, 3.8) is 0 Å². The zero-order valence-corrected chi connectivity index (χ0v) is 77.9. The third-order valence-corrected chi connectivity index (χ3v) is 26.8. The fourth-order valence-electron chi connectivity index (χ4n) is 16.1. The first-order valence-electron chi connectivity index (χ1n) is 43.2. The van der Waals surface area contributed by atoms with E-state index in [2.05, 4.69) is 247 Å². The molecule has 706 valence electrons. The quantitative estimate of drug-likeness (QED) is 0.0154. The largest absolute Gasteiger partial charge is 0.482 e. The Bertz CT molecular complexity index is 4130. The van der Waals surface area contributed by atoms with Crippen molar-refractivity contribution in [1.29, 1.82) is 0 Å². The van der Waals surface area contributed by atoms with Crippen LogP contribution >= 0.6 is 59.6 Å². The van der Waals surface area contributed by atoms with Gasteiger partial charge in [0.05, 0.1) is 49.0 Å². The second-order valence-electron chi connectivity index (χ2n) is 31.5. The van der Waals surface area contributed by atoms with Gasteiger partial charge in [-0.3, -0.25) is 23.9 Å². The molecule has 11 atom stereocenters. The Balaban J connectivity index is 0.000000539. The number of benzene rings is 4. The van der Waals surface area contributed by atoms with Crippen LogP contribution in [0.15, 0.2) is 274 Å². The Labute approximate surface area is 775 Å². The van der Waals surface area contributed by atoms with Crippen molar-refractivity contribution < 1.29 is 72.6 Å². The molecule has 11 aliphatic rings. The van der Waals surface area contributed by atoms with E-state index < -0.39 is 12.3 Å². The highest BCUT2D eigenvalue weighted by molar-refractivity contribution is 8.02. The third kappa shape index (κ3) is 36.1. The van der Waals surface area contributed by atoms with E-state index in [1.165, 1.54) is 145 Å². The lowest BCUT2D eigenvalue weighted by Gasteiger charge is -2.39. The number of thioether (sulfide) groups is 1. The second kappa shape index (κ2) is 63.7. The number of aliphatic hydroxyl groups excluding tert-OH is 3. The number of alkyl halides is 1. The fourth-order valence-corrected chi connectivity index (χ4v) is 19.7. The molecule has 5 aliphatic carbocycles. The first-order valence-corrected chi connectivity index (χ1v) is 47.5. The Kier molecular flexibility index (Phi) is 58.1. The summed E-state index contributed by atoms with van der Waals surface area (Å²) in [6, 6.07) is 35.8. The maximum atomic E-state index is 13.1. The predicted molar refractivity (Wildman–Crippen MR) is 532 cm³/mol. The van der Waals surface area contributed by atoms with E-state index in [4.69, 9.17) is 14.8 Å². The maximum Gasteiger partial charge on any atom is 0.144 e. The Morgan fingerprint density at radius 2 is 1.02 bits per heavy atom. The molecule has 4 aromatic carbocycles. The number of aryl methyl sites for hydroxylation is 4. The number of fused-ring (bicyclic) bond motifs is 8.